The highest BCUT2D eigenvalue weighted by Crippen LogP contribution is 2.36. The molecule has 3 amide bonds. The summed E-state index contributed by atoms with van der Waals surface area (Å²) in [4.78, 5) is 41.9. The third-order valence-electron chi connectivity index (χ3n) is 6.63. The lowest BCUT2D eigenvalue weighted by Crippen LogP contribution is -2.35. The first-order valence-electron chi connectivity index (χ1n) is 17.2. The Kier molecular flexibility index (Phi) is 22.4. The number of thioether (sulfide) groups is 1. The van der Waals surface area contributed by atoms with Gasteiger partial charge < -0.3 is 20.1 Å². The van der Waals surface area contributed by atoms with E-state index < -0.39 is 11.9 Å². The summed E-state index contributed by atoms with van der Waals surface area (Å²) < 4.78 is 23.8. The van der Waals surface area contributed by atoms with E-state index >= 15 is 0 Å². The van der Waals surface area contributed by atoms with Crippen molar-refractivity contribution in [2.24, 2.45) is 10.9 Å². The molecule has 0 aromatic heterocycles. The van der Waals surface area contributed by atoms with E-state index in [1.165, 1.54) is 30.0 Å². The monoisotopic (exact) mass is 742 g/mol. The van der Waals surface area contributed by atoms with Gasteiger partial charge in [0, 0.05) is 0 Å². The maximum atomic E-state index is 13.3. The zero-order valence-electron chi connectivity index (χ0n) is 30.9. The van der Waals surface area contributed by atoms with Crippen molar-refractivity contribution in [2.75, 3.05) is 13.1 Å². The number of allylic oxidation sites excluding steroid dienone is 5. The molecule has 2 unspecified atom stereocenters. The lowest BCUT2D eigenvalue weighted by molar-refractivity contribution is -0.126. The third kappa shape index (κ3) is 16.5. The van der Waals surface area contributed by atoms with Crippen LogP contribution in [-0.4, -0.2) is 46.3 Å². The molecule has 4 rings (SSSR count). The second-order valence-electron chi connectivity index (χ2n) is 10.5. The normalized spacial score (nSPS) is 16.2. The number of aryl methyl sites for hydroxylation is 1. The van der Waals surface area contributed by atoms with Gasteiger partial charge in [0.25, 0.3) is 0 Å². The second-order valence-corrected chi connectivity index (χ2v) is 12.0. The summed E-state index contributed by atoms with van der Waals surface area (Å²) in [5.41, 5.74) is 2.44. The quantitative estimate of drug-likeness (QED) is 0.222. The summed E-state index contributed by atoms with van der Waals surface area (Å²) in [5.74, 6) is 0.00293. The summed E-state index contributed by atoms with van der Waals surface area (Å²) in [6.07, 6.45) is 13.8. The number of rotatable bonds is 11. The number of ether oxygens (including phenoxy) is 2. The van der Waals surface area contributed by atoms with E-state index in [2.05, 4.69) is 15.6 Å². The molecule has 2 aromatic rings. The van der Waals surface area contributed by atoms with Gasteiger partial charge in [-0.25, -0.2) is 14.2 Å². The van der Waals surface area contributed by atoms with Gasteiger partial charge in [-0.1, -0.05) is 113 Å². The van der Waals surface area contributed by atoms with Crippen LogP contribution in [0.5, 0.6) is 0 Å². The van der Waals surface area contributed by atoms with Crippen LogP contribution in [0.2, 0.25) is 5.02 Å². The fourth-order valence-corrected chi connectivity index (χ4v) is 5.69. The highest BCUT2D eigenvalue weighted by atomic mass is 35.5. The van der Waals surface area contributed by atoms with Crippen LogP contribution in [0, 0.1) is 18.7 Å². The van der Waals surface area contributed by atoms with E-state index in [-0.39, 0.29) is 41.2 Å². The molecular weight excluding hydrogens is 691 g/mol. The van der Waals surface area contributed by atoms with Crippen LogP contribution in [0.4, 0.5) is 14.9 Å². The number of alkyl carbamates (subject to hydrolysis) is 1. The van der Waals surface area contributed by atoms with Gasteiger partial charge in [-0.05, 0) is 74.7 Å². The molecule has 0 spiro atoms. The van der Waals surface area contributed by atoms with Crippen molar-refractivity contribution in [1.82, 2.24) is 15.5 Å². The Balaban J connectivity index is 0.000000483. The van der Waals surface area contributed by atoms with Gasteiger partial charge in [0.2, 0.25) is 11.8 Å². The molecule has 2 aliphatic heterocycles. The van der Waals surface area contributed by atoms with Crippen LogP contribution in [-0.2, 0) is 25.7 Å². The SMILES string of the molecule is C/C=C\C(C)C1SC(=Nc2ccc(F)cc2Cl)N(CC2=CCC=CO2)C1=O.CC.CC.CC/C=C/NC(=O)CNC(=O)OCc1cccc(C)c1. The summed E-state index contributed by atoms with van der Waals surface area (Å²) in [6.45, 7) is 16.2. The fraction of sp³-hybridized carbons (Fsp3) is 0.385. The van der Waals surface area contributed by atoms with Crippen LogP contribution in [0.3, 0.4) is 0 Å². The van der Waals surface area contributed by atoms with E-state index in [9.17, 15) is 18.8 Å². The zero-order valence-corrected chi connectivity index (χ0v) is 32.4. The van der Waals surface area contributed by atoms with Crippen molar-refractivity contribution in [3.8, 4) is 0 Å². The Morgan fingerprint density at radius 2 is 1.94 bits per heavy atom. The highest BCUT2D eigenvalue weighted by molar-refractivity contribution is 8.15. The van der Waals surface area contributed by atoms with Crippen molar-refractivity contribution in [1.29, 1.82) is 0 Å². The molecule has 0 bridgehead atoms. The largest absolute Gasteiger partial charge is 0.468 e. The van der Waals surface area contributed by atoms with Gasteiger partial charge in [0.1, 0.15) is 24.7 Å². The maximum absolute atomic E-state index is 13.3. The maximum Gasteiger partial charge on any atom is 0.407 e. The van der Waals surface area contributed by atoms with E-state index in [4.69, 9.17) is 21.1 Å². The minimum atomic E-state index is -0.610. The van der Waals surface area contributed by atoms with Gasteiger partial charge in [-0.15, -0.1) is 0 Å². The number of hydrogen-bond donors (Lipinski definition) is 2. The number of carbonyl (C=O) groups is 3. The molecule has 2 aliphatic rings. The Morgan fingerprint density at radius 1 is 1.20 bits per heavy atom. The Morgan fingerprint density at radius 3 is 2.57 bits per heavy atom. The molecule has 2 atom stereocenters. The Hall–Kier alpha value is -4.35. The van der Waals surface area contributed by atoms with Crippen molar-refractivity contribution in [3.05, 3.63) is 113 Å². The molecule has 2 aromatic carbocycles. The van der Waals surface area contributed by atoms with E-state index in [0.717, 1.165) is 24.0 Å². The summed E-state index contributed by atoms with van der Waals surface area (Å²) in [5, 5.41) is 5.38. The van der Waals surface area contributed by atoms with Gasteiger partial charge >= 0.3 is 6.09 Å². The number of aliphatic imine (C=N–C) groups is 1. The number of nitrogens with one attached hydrogen (secondary N) is 2. The Labute approximate surface area is 312 Å². The van der Waals surface area contributed by atoms with Gasteiger partial charge in [-0.2, -0.15) is 0 Å². The number of benzene rings is 2. The second kappa shape index (κ2) is 25.6. The number of hydrogen-bond acceptors (Lipinski definition) is 7. The first kappa shape index (κ1) is 44.7. The molecule has 2 heterocycles. The fourth-order valence-electron chi connectivity index (χ4n) is 4.29. The molecule has 51 heavy (non-hydrogen) atoms. The first-order valence-corrected chi connectivity index (χ1v) is 18.4. The molecule has 2 N–H and O–H groups in total. The number of halogens is 2. The standard InChI is InChI=1S/C20H20ClFN2O2S.C15H20N2O3.2C2H6/c1-3-6-13(2)18-19(25)24(12-15-7-4-5-10-26-15)20(27-18)23-17-9-8-14(22)11-16(17)21;1-3-4-8-16-14(18)10-17-15(19)20-11-13-7-5-6-12(2)9-13;2*1-2/h3,5-11,13,18H,4,12H2,1-2H3;4-9H,3,10-11H2,1-2H3,(H,16,18)(H,17,19);2*1-2H3/b6-3-,23-20?;8-4+;;. The molecule has 0 radical (unpaired) electrons. The number of carbonyl (C=O) groups excluding carboxylic acids is 3. The van der Waals surface area contributed by atoms with E-state index in [0.29, 0.717) is 23.2 Å². The predicted octanol–water partition coefficient (Wildman–Crippen LogP) is 9.75. The number of amides is 3. The smallest absolute Gasteiger partial charge is 0.407 e. The number of amidine groups is 1. The molecule has 9 nitrogen and oxygen atoms in total. The van der Waals surface area contributed by atoms with Crippen LogP contribution >= 0.6 is 23.4 Å². The van der Waals surface area contributed by atoms with Crippen molar-refractivity contribution in [3.63, 3.8) is 0 Å². The lowest BCUT2D eigenvalue weighted by Gasteiger charge is -2.19. The Bertz CT molecular complexity index is 1560. The molecule has 12 heteroatoms. The minimum absolute atomic E-state index is 0.0263. The van der Waals surface area contributed by atoms with Gasteiger partial charge in [-0.3, -0.25) is 14.5 Å². The zero-order chi connectivity index (χ0) is 38.2. The summed E-state index contributed by atoms with van der Waals surface area (Å²) in [6, 6.07) is 11.7. The van der Waals surface area contributed by atoms with Crippen LogP contribution < -0.4 is 10.6 Å². The van der Waals surface area contributed by atoms with Crippen LogP contribution in [0.15, 0.2) is 96.1 Å². The average Bonchev–Trinajstić information content (AvgIpc) is 3.44. The van der Waals surface area contributed by atoms with E-state index in [1.54, 1.807) is 17.4 Å². The van der Waals surface area contributed by atoms with E-state index in [1.807, 2.05) is 110 Å². The molecule has 1 saturated heterocycles. The molecule has 0 aliphatic carbocycles. The van der Waals surface area contributed by atoms with Crippen LogP contribution in [0.25, 0.3) is 0 Å². The minimum Gasteiger partial charge on any atom is -0.468 e. The lowest BCUT2D eigenvalue weighted by atomic mass is 10.1. The van der Waals surface area contributed by atoms with Crippen molar-refractivity contribution in [2.45, 2.75) is 80.1 Å². The molecule has 1 fully saturated rings. The molecular formula is C39H52ClFN4O5S. The number of nitrogens with zero attached hydrogens (tertiary/aromatic N) is 2. The predicted molar refractivity (Wildman–Crippen MR) is 208 cm³/mol. The van der Waals surface area contributed by atoms with Crippen molar-refractivity contribution < 1.29 is 28.2 Å². The van der Waals surface area contributed by atoms with Gasteiger partial charge in [0.15, 0.2) is 5.17 Å². The topological polar surface area (TPSA) is 109 Å². The van der Waals surface area contributed by atoms with Crippen LogP contribution in [0.1, 0.15) is 72.4 Å². The third-order valence-corrected chi connectivity index (χ3v) is 8.34. The van der Waals surface area contributed by atoms with Gasteiger partial charge in [0.05, 0.1) is 28.8 Å². The summed E-state index contributed by atoms with van der Waals surface area (Å²) >= 11 is 7.51. The first-order chi connectivity index (χ1) is 24.6. The highest BCUT2D eigenvalue weighted by Gasteiger charge is 2.41. The summed E-state index contributed by atoms with van der Waals surface area (Å²) in [7, 11) is 0. The molecule has 278 valence electrons. The average molecular weight is 743 g/mol. The van der Waals surface area contributed by atoms with Crippen molar-refractivity contribution >= 4 is 52.1 Å². The molecule has 0 saturated carbocycles.